The predicted molar refractivity (Wildman–Crippen MR) is 118 cm³/mol. The molecule has 0 aliphatic heterocycles. The Balaban J connectivity index is 1.45. The van der Waals surface area contributed by atoms with Gasteiger partial charge in [-0.05, 0) is 55.0 Å². The summed E-state index contributed by atoms with van der Waals surface area (Å²) in [6, 6.07) is 17.0. The lowest BCUT2D eigenvalue weighted by Crippen LogP contribution is -2.43. The molecule has 2 amide bonds. The number of rotatable bonds is 8. The van der Waals surface area contributed by atoms with E-state index in [0.717, 1.165) is 15.3 Å². The van der Waals surface area contributed by atoms with Gasteiger partial charge in [-0.25, -0.2) is 4.39 Å². The Kier molecular flexibility index (Phi) is 7.78. The standard InChI is InChI=1S/C23H21FN2O4S/c1-2-29-19-5-3-4-6-20(19)30-15-23(28)26-25-22(27)14-12-18-11-13-21(31-18)16-7-9-17(24)10-8-16/h3-14H,2,15H2,1H3,(H,25,27)(H,26,28)/b14-12+. The molecular weight excluding hydrogens is 419 g/mol. The first-order valence-electron chi connectivity index (χ1n) is 9.52. The number of thiophene rings is 1. The molecule has 0 aliphatic rings. The molecule has 0 bridgehead atoms. The third kappa shape index (κ3) is 6.68. The second kappa shape index (κ2) is 10.9. The van der Waals surface area contributed by atoms with Crippen LogP contribution in [0.2, 0.25) is 0 Å². The van der Waals surface area contributed by atoms with Crippen molar-refractivity contribution in [3.63, 3.8) is 0 Å². The summed E-state index contributed by atoms with van der Waals surface area (Å²) < 4.78 is 23.9. The lowest BCUT2D eigenvalue weighted by molar-refractivity contribution is -0.128. The lowest BCUT2D eigenvalue weighted by atomic mass is 10.2. The Hall–Kier alpha value is -3.65. The number of hydrazine groups is 1. The van der Waals surface area contributed by atoms with E-state index >= 15 is 0 Å². The number of benzene rings is 2. The molecule has 0 atom stereocenters. The summed E-state index contributed by atoms with van der Waals surface area (Å²) in [7, 11) is 0. The van der Waals surface area contributed by atoms with Crippen molar-refractivity contribution in [2.24, 2.45) is 0 Å². The molecule has 1 heterocycles. The summed E-state index contributed by atoms with van der Waals surface area (Å²) in [5, 5.41) is 0. The first kappa shape index (κ1) is 22.0. The Bertz CT molecular complexity index is 1060. The highest BCUT2D eigenvalue weighted by atomic mass is 32.1. The summed E-state index contributed by atoms with van der Waals surface area (Å²) in [5.74, 6) is -0.299. The SMILES string of the molecule is CCOc1ccccc1OCC(=O)NNC(=O)/C=C/c1ccc(-c2ccc(F)cc2)s1. The Morgan fingerprint density at radius 3 is 2.39 bits per heavy atom. The number of hydrogen-bond acceptors (Lipinski definition) is 5. The highest BCUT2D eigenvalue weighted by molar-refractivity contribution is 7.16. The molecule has 0 aliphatic carbocycles. The molecule has 1 aromatic heterocycles. The van der Waals surface area contributed by atoms with Gasteiger partial charge in [-0.15, -0.1) is 11.3 Å². The summed E-state index contributed by atoms with van der Waals surface area (Å²) in [6.07, 6.45) is 2.94. The van der Waals surface area contributed by atoms with E-state index in [1.807, 2.05) is 19.1 Å². The van der Waals surface area contributed by atoms with Gasteiger partial charge in [-0.3, -0.25) is 20.4 Å². The van der Waals surface area contributed by atoms with Crippen LogP contribution in [-0.2, 0) is 9.59 Å². The van der Waals surface area contributed by atoms with Crippen molar-refractivity contribution < 1.29 is 23.5 Å². The Morgan fingerprint density at radius 1 is 0.968 bits per heavy atom. The number of nitrogens with one attached hydrogen (secondary N) is 2. The van der Waals surface area contributed by atoms with Crippen LogP contribution in [0.4, 0.5) is 4.39 Å². The maximum absolute atomic E-state index is 13.0. The molecule has 8 heteroatoms. The fourth-order valence-corrected chi connectivity index (χ4v) is 3.48. The van der Waals surface area contributed by atoms with E-state index in [2.05, 4.69) is 10.9 Å². The molecular formula is C23H21FN2O4S. The average molecular weight is 440 g/mol. The zero-order chi connectivity index (χ0) is 22.1. The molecule has 0 unspecified atom stereocenters. The fourth-order valence-electron chi connectivity index (χ4n) is 2.57. The topological polar surface area (TPSA) is 76.7 Å². The summed E-state index contributed by atoms with van der Waals surface area (Å²) >= 11 is 1.46. The molecule has 160 valence electrons. The highest BCUT2D eigenvalue weighted by Crippen LogP contribution is 2.29. The first-order chi connectivity index (χ1) is 15.0. The largest absolute Gasteiger partial charge is 0.490 e. The molecule has 6 nitrogen and oxygen atoms in total. The van der Waals surface area contributed by atoms with E-state index in [1.165, 1.54) is 29.5 Å². The molecule has 3 rings (SSSR count). The summed E-state index contributed by atoms with van der Waals surface area (Å²) in [5.41, 5.74) is 5.49. The third-order valence-electron chi connectivity index (χ3n) is 3.99. The van der Waals surface area contributed by atoms with Crippen LogP contribution < -0.4 is 20.3 Å². The quantitative estimate of drug-likeness (QED) is 0.407. The number of para-hydroxylation sites is 2. The molecule has 3 aromatic rings. The second-order valence-corrected chi connectivity index (χ2v) is 7.36. The van der Waals surface area contributed by atoms with Gasteiger partial charge in [-0.2, -0.15) is 0 Å². The molecule has 0 saturated heterocycles. The zero-order valence-electron chi connectivity index (χ0n) is 16.8. The van der Waals surface area contributed by atoms with Crippen LogP contribution >= 0.6 is 11.3 Å². The summed E-state index contributed by atoms with van der Waals surface area (Å²) in [6.45, 7) is 2.05. The predicted octanol–water partition coefficient (Wildman–Crippen LogP) is 4.19. The lowest BCUT2D eigenvalue weighted by Gasteiger charge is -2.11. The minimum atomic E-state index is -0.511. The molecule has 31 heavy (non-hydrogen) atoms. The minimum Gasteiger partial charge on any atom is -0.490 e. The summed E-state index contributed by atoms with van der Waals surface area (Å²) in [4.78, 5) is 25.6. The van der Waals surface area contributed by atoms with Crippen LogP contribution in [0.25, 0.3) is 16.5 Å². The minimum absolute atomic E-state index is 0.278. The normalized spacial score (nSPS) is 10.6. The van der Waals surface area contributed by atoms with E-state index in [4.69, 9.17) is 9.47 Å². The van der Waals surface area contributed by atoms with Gasteiger partial charge in [0.1, 0.15) is 5.82 Å². The third-order valence-corrected chi connectivity index (χ3v) is 5.09. The van der Waals surface area contributed by atoms with Gasteiger partial charge < -0.3 is 9.47 Å². The van der Waals surface area contributed by atoms with Crippen molar-refractivity contribution in [3.8, 4) is 21.9 Å². The fraction of sp³-hybridized carbons (Fsp3) is 0.130. The van der Waals surface area contributed by atoms with Crippen LogP contribution in [0.5, 0.6) is 11.5 Å². The van der Waals surface area contributed by atoms with E-state index in [9.17, 15) is 14.0 Å². The van der Waals surface area contributed by atoms with Crippen molar-refractivity contribution in [3.05, 3.63) is 77.4 Å². The van der Waals surface area contributed by atoms with E-state index in [1.54, 1.807) is 42.5 Å². The van der Waals surface area contributed by atoms with Gasteiger partial charge in [-0.1, -0.05) is 24.3 Å². The smallest absolute Gasteiger partial charge is 0.276 e. The van der Waals surface area contributed by atoms with Gasteiger partial charge in [0.25, 0.3) is 11.8 Å². The van der Waals surface area contributed by atoms with Crippen molar-refractivity contribution in [2.45, 2.75) is 6.92 Å². The van der Waals surface area contributed by atoms with E-state index < -0.39 is 11.8 Å². The number of carbonyl (C=O) groups is 2. The molecule has 2 N–H and O–H groups in total. The number of carbonyl (C=O) groups excluding carboxylic acids is 2. The van der Waals surface area contributed by atoms with E-state index in [-0.39, 0.29) is 12.4 Å². The van der Waals surface area contributed by atoms with Gasteiger partial charge in [0.15, 0.2) is 18.1 Å². The maximum atomic E-state index is 13.0. The van der Waals surface area contributed by atoms with Gasteiger partial charge in [0.2, 0.25) is 0 Å². The van der Waals surface area contributed by atoms with Gasteiger partial charge in [0.05, 0.1) is 6.61 Å². The first-order valence-corrected chi connectivity index (χ1v) is 10.3. The van der Waals surface area contributed by atoms with Crippen molar-refractivity contribution in [1.82, 2.24) is 10.9 Å². The van der Waals surface area contributed by atoms with Crippen LogP contribution in [0.3, 0.4) is 0 Å². The van der Waals surface area contributed by atoms with Gasteiger partial charge >= 0.3 is 0 Å². The Morgan fingerprint density at radius 2 is 1.68 bits per heavy atom. The van der Waals surface area contributed by atoms with Gasteiger partial charge in [0, 0.05) is 15.8 Å². The van der Waals surface area contributed by atoms with Crippen molar-refractivity contribution in [2.75, 3.05) is 13.2 Å². The Labute approximate surface area is 183 Å². The number of amides is 2. The maximum Gasteiger partial charge on any atom is 0.276 e. The molecule has 0 fully saturated rings. The van der Waals surface area contributed by atoms with Crippen LogP contribution in [-0.4, -0.2) is 25.0 Å². The monoisotopic (exact) mass is 440 g/mol. The van der Waals surface area contributed by atoms with Crippen LogP contribution in [0.15, 0.2) is 66.7 Å². The highest BCUT2D eigenvalue weighted by Gasteiger charge is 2.08. The zero-order valence-corrected chi connectivity index (χ0v) is 17.6. The number of halogens is 1. The molecule has 2 aromatic carbocycles. The van der Waals surface area contributed by atoms with Crippen molar-refractivity contribution in [1.29, 1.82) is 0 Å². The second-order valence-electron chi connectivity index (χ2n) is 6.25. The average Bonchev–Trinajstić information content (AvgIpc) is 3.25. The molecule has 0 saturated carbocycles. The van der Waals surface area contributed by atoms with E-state index in [0.29, 0.717) is 18.1 Å². The molecule has 0 radical (unpaired) electrons. The van der Waals surface area contributed by atoms with Crippen LogP contribution in [0.1, 0.15) is 11.8 Å². The number of hydrogen-bond donors (Lipinski definition) is 2. The molecule has 0 spiro atoms. The number of ether oxygens (including phenoxy) is 2. The van der Waals surface area contributed by atoms with Crippen molar-refractivity contribution >= 4 is 29.2 Å². The van der Waals surface area contributed by atoms with Crippen LogP contribution in [0, 0.1) is 5.82 Å².